The van der Waals surface area contributed by atoms with E-state index in [9.17, 15) is 14.4 Å². The van der Waals surface area contributed by atoms with Crippen molar-refractivity contribution >= 4 is 47.5 Å². The Bertz CT molecular complexity index is 930. The molecule has 176 valence electrons. The molecule has 2 aliphatic heterocycles. The van der Waals surface area contributed by atoms with Crippen molar-refractivity contribution in [2.75, 3.05) is 20.2 Å². The van der Waals surface area contributed by atoms with Gasteiger partial charge in [-0.3, -0.25) is 9.59 Å². The number of carbonyl (C=O) groups is 3. The van der Waals surface area contributed by atoms with Gasteiger partial charge in [0.25, 0.3) is 5.91 Å². The van der Waals surface area contributed by atoms with Crippen molar-refractivity contribution in [1.29, 1.82) is 0 Å². The smallest absolute Gasteiger partial charge is 0.531 e. The molecule has 32 heavy (non-hydrogen) atoms. The lowest BCUT2D eigenvalue weighted by Crippen LogP contribution is -2.68. The normalized spacial score (nSPS) is 30.2. The van der Waals surface area contributed by atoms with Crippen LogP contribution < -0.4 is 5.32 Å². The van der Waals surface area contributed by atoms with Crippen molar-refractivity contribution in [3.8, 4) is 0 Å². The van der Waals surface area contributed by atoms with E-state index in [0.717, 1.165) is 0 Å². The predicted molar refractivity (Wildman–Crippen MR) is 125 cm³/mol. The maximum atomic E-state index is 12.9. The van der Waals surface area contributed by atoms with Gasteiger partial charge in [0.15, 0.2) is 0 Å². The van der Waals surface area contributed by atoms with Crippen molar-refractivity contribution < 1.29 is 28.1 Å². The highest BCUT2D eigenvalue weighted by molar-refractivity contribution is 6.65. The molecule has 0 aromatic heterocycles. The summed E-state index contributed by atoms with van der Waals surface area (Å²) in [6, 6.07) is 4.30. The van der Waals surface area contributed by atoms with Crippen LogP contribution in [-0.4, -0.2) is 61.0 Å². The van der Waals surface area contributed by atoms with Crippen LogP contribution in [0.4, 0.5) is 0 Å². The van der Waals surface area contributed by atoms with E-state index in [-0.39, 0.29) is 59.1 Å². The summed E-state index contributed by atoms with van der Waals surface area (Å²) in [5, 5.41) is 3.27. The van der Waals surface area contributed by atoms with E-state index in [0.29, 0.717) is 22.4 Å². The summed E-state index contributed by atoms with van der Waals surface area (Å²) in [7, 11) is 1.99. The number of hydrogen-bond donors (Lipinski definition) is 1. The van der Waals surface area contributed by atoms with Gasteiger partial charge in [0, 0.05) is 12.1 Å². The van der Waals surface area contributed by atoms with Crippen LogP contribution in [0, 0.1) is 5.92 Å². The Kier molecular flexibility index (Phi) is 7.30. The third-order valence-corrected chi connectivity index (χ3v) is 7.81. The molecule has 0 spiro atoms. The topological polar surface area (TPSA) is 81.7 Å². The molecule has 2 unspecified atom stereocenters. The minimum atomic E-state index is -2.05. The Hall–Kier alpha value is -1.61. The molecule has 1 amide bonds. The molecule has 7 nitrogen and oxygen atoms in total. The summed E-state index contributed by atoms with van der Waals surface area (Å²) in [4.78, 5) is 38.0. The Labute approximate surface area is 199 Å². The Morgan fingerprint density at radius 3 is 2.62 bits per heavy atom. The van der Waals surface area contributed by atoms with Crippen LogP contribution in [0.2, 0.25) is 15.9 Å². The Morgan fingerprint density at radius 2 is 1.97 bits per heavy atom. The molecule has 5 atom stereocenters. The fraction of sp³-hybridized carbons (Fsp3) is 0.591. The first-order valence-electron chi connectivity index (χ1n) is 11.0. The van der Waals surface area contributed by atoms with E-state index in [2.05, 4.69) is 19.2 Å². The van der Waals surface area contributed by atoms with Gasteiger partial charge >= 0.3 is 12.7 Å². The number of nitrogens with zero attached hydrogens (tertiary/aromatic N) is 1. The second-order valence-corrected chi connectivity index (χ2v) is 10.5. The number of nitrogens with one attached hydrogen (secondary N) is 1. The number of halogens is 2. The summed E-state index contributed by atoms with van der Waals surface area (Å²) in [5.41, 5.74) is 0.212. The number of Topliss-reactive ketones (excluding diaryl/α,β-unsaturated/α-hetero) is 1. The minimum absolute atomic E-state index is 0.0749. The largest absolute Gasteiger partial charge is 0.610 e. The third kappa shape index (κ3) is 4.30. The second kappa shape index (κ2) is 9.33. The number of rotatable bonds is 8. The molecule has 2 saturated heterocycles. The summed E-state index contributed by atoms with van der Waals surface area (Å²) >= 11 is 12.0. The minimum Gasteiger partial charge on any atom is -0.610 e. The van der Waals surface area contributed by atoms with Crippen LogP contribution in [0.3, 0.4) is 0 Å². The standard InChI is InChI=1S/C22H31BCl2N2O5/c1-13(2)8-16(23-27(5,14(3)12-31-23)15(4)22(30)32-23)9-18(28)11-26-21(29)19-10-17(24)6-7-20(19)25/h6-7,10,13-16H,8-9,11-12H2,1-5H3,(H,26,29)/t14-,15+,16+,23?,27?/m0/s1. The molecule has 0 aliphatic carbocycles. The molecule has 3 rings (SSSR count). The zero-order valence-corrected chi connectivity index (χ0v) is 20.7. The molecular formula is C22H31BCl2N2O5. The van der Waals surface area contributed by atoms with Crippen LogP contribution in [0.15, 0.2) is 18.2 Å². The lowest BCUT2D eigenvalue weighted by atomic mass is 9.51. The number of likely N-dealkylation sites (N-methyl/N-ethyl adjacent to an activating group) is 1. The first kappa shape index (κ1) is 25.0. The number of quaternary nitrogens is 1. The molecule has 1 N–H and O–H groups in total. The van der Waals surface area contributed by atoms with Crippen molar-refractivity contribution in [2.24, 2.45) is 5.92 Å². The zero-order chi connectivity index (χ0) is 23.8. The number of ketones is 1. The Balaban J connectivity index is 1.76. The predicted octanol–water partition coefficient (Wildman–Crippen LogP) is 3.85. The average molecular weight is 485 g/mol. The van der Waals surface area contributed by atoms with Gasteiger partial charge < -0.3 is 19.0 Å². The van der Waals surface area contributed by atoms with Gasteiger partial charge in [-0.1, -0.05) is 43.5 Å². The number of hydrogen-bond acceptors (Lipinski definition) is 5. The van der Waals surface area contributed by atoms with Crippen LogP contribution in [0.5, 0.6) is 0 Å². The molecule has 0 saturated carbocycles. The number of amides is 1. The van der Waals surface area contributed by atoms with Gasteiger partial charge in [0.2, 0.25) is 0 Å². The van der Waals surface area contributed by atoms with E-state index < -0.39 is 12.6 Å². The van der Waals surface area contributed by atoms with E-state index in [1.807, 2.05) is 20.9 Å². The average Bonchev–Trinajstić information content (AvgIpc) is 3.09. The third-order valence-electron chi connectivity index (χ3n) is 7.24. The molecule has 0 bridgehead atoms. The van der Waals surface area contributed by atoms with E-state index >= 15 is 0 Å². The van der Waals surface area contributed by atoms with Crippen molar-refractivity contribution in [3.05, 3.63) is 33.8 Å². The maximum Gasteiger partial charge on any atom is 0.531 e. The van der Waals surface area contributed by atoms with Gasteiger partial charge in [-0.25, -0.2) is 4.79 Å². The lowest BCUT2D eigenvalue weighted by Gasteiger charge is -2.50. The number of carbonyl (C=O) groups excluding carboxylic acids is 3. The van der Waals surface area contributed by atoms with Crippen LogP contribution in [0.25, 0.3) is 0 Å². The monoisotopic (exact) mass is 484 g/mol. The Morgan fingerprint density at radius 1 is 1.28 bits per heavy atom. The zero-order valence-electron chi connectivity index (χ0n) is 19.2. The first-order valence-corrected chi connectivity index (χ1v) is 11.8. The summed E-state index contributed by atoms with van der Waals surface area (Å²) in [5.74, 6) is -0.931. The molecule has 2 heterocycles. The van der Waals surface area contributed by atoms with Crippen molar-refractivity contribution in [3.63, 3.8) is 0 Å². The number of fused-ring (bicyclic) bond motifs is 1. The fourth-order valence-electron chi connectivity index (χ4n) is 5.29. The molecule has 1 aromatic carbocycles. The quantitative estimate of drug-likeness (QED) is 0.566. The maximum absolute atomic E-state index is 12.9. The van der Waals surface area contributed by atoms with Gasteiger partial charge in [0.1, 0.15) is 11.8 Å². The van der Waals surface area contributed by atoms with Gasteiger partial charge in [-0.05, 0) is 50.2 Å². The highest BCUT2D eigenvalue weighted by atomic mass is 35.5. The molecule has 2 aliphatic rings. The van der Waals surface area contributed by atoms with Crippen LogP contribution in [-0.2, 0) is 18.9 Å². The highest BCUT2D eigenvalue weighted by Gasteiger charge is 2.70. The van der Waals surface area contributed by atoms with Crippen molar-refractivity contribution in [2.45, 2.75) is 58.4 Å². The van der Waals surface area contributed by atoms with Gasteiger partial charge in [0.05, 0.1) is 29.8 Å². The van der Waals surface area contributed by atoms with Crippen LogP contribution in [0.1, 0.15) is 50.9 Å². The number of benzene rings is 1. The molecule has 1 aromatic rings. The summed E-state index contributed by atoms with van der Waals surface area (Å²) in [6.07, 6.45) is 0.808. The summed E-state index contributed by atoms with van der Waals surface area (Å²) in [6.45, 7) is 6.30. The summed E-state index contributed by atoms with van der Waals surface area (Å²) < 4.78 is 12.5. The van der Waals surface area contributed by atoms with E-state index in [1.165, 1.54) is 12.1 Å². The second-order valence-electron chi connectivity index (χ2n) is 9.68. The van der Waals surface area contributed by atoms with E-state index in [4.69, 9.17) is 32.5 Å². The van der Waals surface area contributed by atoms with Crippen molar-refractivity contribution in [1.82, 2.24) is 5.32 Å². The SMILES string of the molecule is CC(C)C[C@H](CC(=O)CNC(=O)c1cc(Cl)ccc1Cl)[B-]12OC[C@H](C)[N+]1(C)[C@H](C)C(=O)O2. The molecule has 10 heteroatoms. The molecular weight excluding hydrogens is 454 g/mol. The fourth-order valence-corrected chi connectivity index (χ4v) is 5.67. The van der Waals surface area contributed by atoms with E-state index in [1.54, 1.807) is 6.07 Å². The highest BCUT2D eigenvalue weighted by Crippen LogP contribution is 2.50. The molecule has 2 fully saturated rings. The van der Waals surface area contributed by atoms with Gasteiger partial charge in [-0.15, -0.1) is 0 Å². The van der Waals surface area contributed by atoms with Crippen LogP contribution >= 0.6 is 23.2 Å². The molecule has 0 radical (unpaired) electrons. The first-order chi connectivity index (χ1) is 14.9. The lowest BCUT2D eigenvalue weighted by molar-refractivity contribution is -0.844. The van der Waals surface area contributed by atoms with Gasteiger partial charge in [-0.2, -0.15) is 0 Å².